The quantitative estimate of drug-likeness (QED) is 0.686. The van der Waals surface area contributed by atoms with E-state index in [1.807, 2.05) is 43.5 Å². The fraction of sp³-hybridized carbons (Fsp3) is 0.231. The minimum Gasteiger partial charge on any atom is -0.419 e. The minimum absolute atomic E-state index is 0.166. The average molecular weight is 334 g/mol. The van der Waals surface area contributed by atoms with E-state index in [1.165, 1.54) is 0 Å². The maximum Gasteiger partial charge on any atom is 0.247 e. The standard InChI is InChI=1S/C13H12BrN5O/c1-9(14)11-7-19(18-15-11)8-12-16-17-13(20-12)10-5-3-2-4-6-10/h2-7,9H,8H2,1H3. The summed E-state index contributed by atoms with van der Waals surface area (Å²) in [4.78, 5) is 0.166. The third kappa shape index (κ3) is 2.77. The van der Waals surface area contributed by atoms with E-state index in [-0.39, 0.29) is 4.83 Å². The van der Waals surface area contributed by atoms with E-state index < -0.39 is 0 Å². The summed E-state index contributed by atoms with van der Waals surface area (Å²) < 4.78 is 7.30. The fourth-order valence-electron chi connectivity index (χ4n) is 1.73. The molecule has 1 unspecified atom stereocenters. The summed E-state index contributed by atoms with van der Waals surface area (Å²) in [5.74, 6) is 1.01. The van der Waals surface area contributed by atoms with Gasteiger partial charge in [0, 0.05) is 5.56 Å². The SMILES string of the molecule is CC(Br)c1cn(Cc2nnc(-c3ccccc3)o2)nn1. The Labute approximate surface area is 124 Å². The van der Waals surface area contributed by atoms with Crippen LogP contribution in [0.15, 0.2) is 40.9 Å². The van der Waals surface area contributed by atoms with Crippen molar-refractivity contribution in [1.29, 1.82) is 0 Å². The van der Waals surface area contributed by atoms with E-state index in [4.69, 9.17) is 4.42 Å². The lowest BCUT2D eigenvalue weighted by Gasteiger charge is -1.95. The molecule has 7 heteroatoms. The van der Waals surface area contributed by atoms with Crippen molar-refractivity contribution in [3.05, 3.63) is 48.1 Å². The normalized spacial score (nSPS) is 12.5. The van der Waals surface area contributed by atoms with Crippen LogP contribution >= 0.6 is 15.9 Å². The average Bonchev–Trinajstić information content (AvgIpc) is 3.10. The molecule has 2 heterocycles. The van der Waals surface area contributed by atoms with Gasteiger partial charge in [-0.3, -0.25) is 0 Å². The Morgan fingerprint density at radius 2 is 2.00 bits per heavy atom. The van der Waals surface area contributed by atoms with Crippen LogP contribution in [0.25, 0.3) is 11.5 Å². The second-order valence-electron chi connectivity index (χ2n) is 4.32. The Morgan fingerprint density at radius 1 is 1.20 bits per heavy atom. The van der Waals surface area contributed by atoms with Crippen molar-refractivity contribution in [2.45, 2.75) is 18.3 Å². The Kier molecular flexibility index (Phi) is 3.60. The number of hydrogen-bond donors (Lipinski definition) is 0. The van der Waals surface area contributed by atoms with Gasteiger partial charge in [-0.25, -0.2) is 4.68 Å². The maximum absolute atomic E-state index is 5.62. The molecule has 0 aliphatic rings. The zero-order valence-corrected chi connectivity index (χ0v) is 12.4. The number of hydrogen-bond acceptors (Lipinski definition) is 5. The van der Waals surface area contributed by atoms with E-state index in [2.05, 4.69) is 36.4 Å². The molecule has 102 valence electrons. The third-order valence-corrected chi connectivity index (χ3v) is 3.22. The van der Waals surface area contributed by atoms with Gasteiger partial charge in [0.1, 0.15) is 6.54 Å². The predicted octanol–water partition coefficient (Wildman–Crippen LogP) is 2.83. The molecule has 6 nitrogen and oxygen atoms in total. The van der Waals surface area contributed by atoms with Crippen molar-refractivity contribution >= 4 is 15.9 Å². The summed E-state index contributed by atoms with van der Waals surface area (Å²) in [5.41, 5.74) is 1.77. The van der Waals surface area contributed by atoms with Crippen molar-refractivity contribution in [2.24, 2.45) is 0 Å². The summed E-state index contributed by atoms with van der Waals surface area (Å²) in [6, 6.07) is 9.66. The smallest absolute Gasteiger partial charge is 0.247 e. The van der Waals surface area contributed by atoms with Gasteiger partial charge < -0.3 is 4.42 Å². The molecule has 1 aromatic carbocycles. The first-order valence-electron chi connectivity index (χ1n) is 6.14. The monoisotopic (exact) mass is 333 g/mol. The Balaban J connectivity index is 1.77. The molecule has 0 aliphatic heterocycles. The van der Waals surface area contributed by atoms with E-state index in [9.17, 15) is 0 Å². The van der Waals surface area contributed by atoms with Crippen molar-refractivity contribution in [3.63, 3.8) is 0 Å². The van der Waals surface area contributed by atoms with Gasteiger partial charge in [0.15, 0.2) is 0 Å². The van der Waals surface area contributed by atoms with Crippen LogP contribution in [0.2, 0.25) is 0 Å². The molecule has 20 heavy (non-hydrogen) atoms. The zero-order valence-electron chi connectivity index (χ0n) is 10.8. The molecule has 0 spiro atoms. The number of nitrogens with zero attached hydrogens (tertiary/aromatic N) is 5. The molecular weight excluding hydrogens is 322 g/mol. The third-order valence-electron chi connectivity index (χ3n) is 2.75. The lowest BCUT2D eigenvalue weighted by Crippen LogP contribution is -2.00. The molecule has 3 rings (SSSR count). The predicted molar refractivity (Wildman–Crippen MR) is 76.2 cm³/mol. The van der Waals surface area contributed by atoms with Crippen molar-refractivity contribution < 1.29 is 4.42 Å². The van der Waals surface area contributed by atoms with Gasteiger partial charge in [0.2, 0.25) is 11.8 Å². The second-order valence-corrected chi connectivity index (χ2v) is 5.70. The molecule has 0 saturated heterocycles. The van der Waals surface area contributed by atoms with Gasteiger partial charge >= 0.3 is 0 Å². The largest absolute Gasteiger partial charge is 0.419 e. The molecule has 1 atom stereocenters. The van der Waals surface area contributed by atoms with Gasteiger partial charge in [-0.05, 0) is 19.1 Å². The number of aromatic nitrogens is 5. The molecule has 2 aromatic heterocycles. The minimum atomic E-state index is 0.166. The molecule has 0 saturated carbocycles. The maximum atomic E-state index is 5.62. The van der Waals surface area contributed by atoms with Gasteiger partial charge in [-0.15, -0.1) is 15.3 Å². The first-order chi connectivity index (χ1) is 9.72. The summed E-state index contributed by atoms with van der Waals surface area (Å²) in [6.07, 6.45) is 1.85. The molecule has 0 bridgehead atoms. The number of rotatable bonds is 4. The summed E-state index contributed by atoms with van der Waals surface area (Å²) >= 11 is 3.45. The lowest BCUT2D eigenvalue weighted by molar-refractivity contribution is 0.469. The molecule has 0 N–H and O–H groups in total. The van der Waals surface area contributed by atoms with E-state index in [1.54, 1.807) is 4.68 Å². The van der Waals surface area contributed by atoms with Crippen LogP contribution < -0.4 is 0 Å². The first-order valence-corrected chi connectivity index (χ1v) is 7.06. The molecule has 0 radical (unpaired) electrons. The molecule has 0 fully saturated rings. The Hall–Kier alpha value is -2.02. The van der Waals surface area contributed by atoms with E-state index in [0.717, 1.165) is 11.3 Å². The number of benzene rings is 1. The van der Waals surface area contributed by atoms with Gasteiger partial charge in [-0.2, -0.15) is 0 Å². The number of halogens is 1. The second kappa shape index (κ2) is 5.54. The van der Waals surface area contributed by atoms with Crippen molar-refractivity contribution in [1.82, 2.24) is 25.2 Å². The van der Waals surface area contributed by atoms with Crippen LogP contribution in [-0.2, 0) is 6.54 Å². The van der Waals surface area contributed by atoms with Gasteiger partial charge in [-0.1, -0.05) is 39.3 Å². The van der Waals surface area contributed by atoms with Crippen molar-refractivity contribution in [3.8, 4) is 11.5 Å². The van der Waals surface area contributed by atoms with Crippen molar-refractivity contribution in [2.75, 3.05) is 0 Å². The topological polar surface area (TPSA) is 69.6 Å². The van der Waals surface area contributed by atoms with Gasteiger partial charge in [0.25, 0.3) is 0 Å². The van der Waals surface area contributed by atoms with Crippen LogP contribution in [0.5, 0.6) is 0 Å². The van der Waals surface area contributed by atoms with E-state index >= 15 is 0 Å². The van der Waals surface area contributed by atoms with Gasteiger partial charge in [0.05, 0.1) is 16.7 Å². The highest BCUT2D eigenvalue weighted by Gasteiger charge is 2.11. The van der Waals surface area contributed by atoms with Crippen LogP contribution in [-0.4, -0.2) is 25.2 Å². The lowest BCUT2D eigenvalue weighted by atomic mass is 10.2. The van der Waals surface area contributed by atoms with Crippen LogP contribution in [0.3, 0.4) is 0 Å². The zero-order chi connectivity index (χ0) is 13.9. The highest BCUT2D eigenvalue weighted by atomic mass is 79.9. The van der Waals surface area contributed by atoms with Crippen LogP contribution in [0.4, 0.5) is 0 Å². The highest BCUT2D eigenvalue weighted by Crippen LogP contribution is 2.19. The molecule has 0 aliphatic carbocycles. The first kappa shape index (κ1) is 13.0. The summed E-state index contributed by atoms with van der Waals surface area (Å²) in [6.45, 7) is 2.40. The fourth-order valence-corrected chi connectivity index (χ4v) is 1.94. The molecule has 0 amide bonds. The van der Waals surface area contributed by atoms with Crippen LogP contribution in [0, 0.1) is 0 Å². The summed E-state index contributed by atoms with van der Waals surface area (Å²) in [5, 5.41) is 16.1. The Morgan fingerprint density at radius 3 is 2.70 bits per heavy atom. The van der Waals surface area contributed by atoms with E-state index in [0.29, 0.717) is 18.3 Å². The highest BCUT2D eigenvalue weighted by molar-refractivity contribution is 9.09. The molecule has 3 aromatic rings. The Bertz CT molecular complexity index is 692. The summed E-state index contributed by atoms with van der Waals surface area (Å²) in [7, 11) is 0. The number of alkyl halides is 1. The molecular formula is C13H12BrN5O. The van der Waals surface area contributed by atoms with Crippen LogP contribution in [0.1, 0.15) is 23.3 Å².